The number of halogens is 1. The predicted molar refractivity (Wildman–Crippen MR) is 108 cm³/mol. The first-order valence-corrected chi connectivity index (χ1v) is 9.35. The Labute approximate surface area is 165 Å². The van der Waals surface area contributed by atoms with Crippen molar-refractivity contribution >= 4 is 11.6 Å². The number of nitrogens with zero attached hydrogens (tertiary/aromatic N) is 1. The first-order chi connectivity index (χ1) is 13.3. The van der Waals surface area contributed by atoms with Gasteiger partial charge in [0.1, 0.15) is 6.61 Å². The molecule has 0 radical (unpaired) electrons. The van der Waals surface area contributed by atoms with Gasteiger partial charge in [-0.3, -0.25) is 4.98 Å². The Kier molecular flexibility index (Phi) is 7.08. The number of hydrogen-bond acceptors (Lipinski definition) is 4. The van der Waals surface area contributed by atoms with Crippen LogP contribution in [0.3, 0.4) is 0 Å². The summed E-state index contributed by atoms with van der Waals surface area (Å²) in [7, 11) is 0. The van der Waals surface area contributed by atoms with Crippen LogP contribution in [0.4, 0.5) is 0 Å². The van der Waals surface area contributed by atoms with E-state index in [2.05, 4.69) is 22.4 Å². The molecule has 0 saturated heterocycles. The zero-order valence-electron chi connectivity index (χ0n) is 15.3. The molecule has 3 aromatic rings. The average Bonchev–Trinajstić information content (AvgIpc) is 2.70. The summed E-state index contributed by atoms with van der Waals surface area (Å²) in [6, 6.07) is 17.6. The molecule has 0 aliphatic rings. The van der Waals surface area contributed by atoms with Crippen LogP contribution in [0.25, 0.3) is 0 Å². The van der Waals surface area contributed by atoms with Crippen LogP contribution in [-0.2, 0) is 19.7 Å². The average molecular weight is 383 g/mol. The Morgan fingerprint density at radius 2 is 1.78 bits per heavy atom. The molecule has 1 aromatic heterocycles. The lowest BCUT2D eigenvalue weighted by atomic mass is 10.1. The number of ether oxygens (including phenoxy) is 2. The Hall–Kier alpha value is -2.56. The monoisotopic (exact) mass is 382 g/mol. The van der Waals surface area contributed by atoms with Gasteiger partial charge in [-0.25, -0.2) is 0 Å². The second kappa shape index (κ2) is 9.95. The number of pyridine rings is 1. The highest BCUT2D eigenvalue weighted by Gasteiger charge is 2.11. The van der Waals surface area contributed by atoms with E-state index in [1.165, 1.54) is 0 Å². The van der Waals surface area contributed by atoms with Crippen LogP contribution in [0, 0.1) is 0 Å². The van der Waals surface area contributed by atoms with E-state index >= 15 is 0 Å². The molecule has 140 valence electrons. The molecule has 4 nitrogen and oxygen atoms in total. The molecular formula is C22H23ClN2O2. The van der Waals surface area contributed by atoms with E-state index in [0.29, 0.717) is 24.8 Å². The van der Waals surface area contributed by atoms with Gasteiger partial charge in [-0.05, 0) is 42.3 Å². The Morgan fingerprint density at radius 1 is 0.926 bits per heavy atom. The fourth-order valence-electron chi connectivity index (χ4n) is 2.71. The minimum Gasteiger partial charge on any atom is -0.490 e. The van der Waals surface area contributed by atoms with Gasteiger partial charge in [0.15, 0.2) is 11.5 Å². The number of aromatic nitrogens is 1. The van der Waals surface area contributed by atoms with Crippen molar-refractivity contribution in [2.75, 3.05) is 6.61 Å². The first kappa shape index (κ1) is 19.2. The molecule has 0 bridgehead atoms. The fraction of sp³-hybridized carbons (Fsp3) is 0.227. The van der Waals surface area contributed by atoms with Gasteiger partial charge in [0.05, 0.1) is 6.61 Å². The summed E-state index contributed by atoms with van der Waals surface area (Å²) >= 11 is 5.95. The van der Waals surface area contributed by atoms with Crippen LogP contribution >= 0.6 is 11.6 Å². The lowest BCUT2D eigenvalue weighted by molar-refractivity contribution is 0.266. The minimum atomic E-state index is 0.455. The highest BCUT2D eigenvalue weighted by Crippen LogP contribution is 2.32. The molecule has 1 N–H and O–H groups in total. The van der Waals surface area contributed by atoms with Crippen molar-refractivity contribution in [3.05, 3.63) is 88.7 Å². The van der Waals surface area contributed by atoms with E-state index in [1.54, 1.807) is 6.20 Å². The van der Waals surface area contributed by atoms with Crippen LogP contribution in [0.2, 0.25) is 5.02 Å². The molecule has 0 amide bonds. The third-order valence-electron chi connectivity index (χ3n) is 4.02. The van der Waals surface area contributed by atoms with Gasteiger partial charge in [0.2, 0.25) is 0 Å². The van der Waals surface area contributed by atoms with Gasteiger partial charge in [-0.2, -0.15) is 0 Å². The third-order valence-corrected chi connectivity index (χ3v) is 4.28. The van der Waals surface area contributed by atoms with Gasteiger partial charge in [-0.15, -0.1) is 0 Å². The van der Waals surface area contributed by atoms with Crippen molar-refractivity contribution in [1.82, 2.24) is 10.3 Å². The Bertz CT molecular complexity index is 839. The smallest absolute Gasteiger partial charge is 0.166 e. The predicted octanol–water partition coefficient (Wildman–Crippen LogP) is 5.00. The van der Waals surface area contributed by atoms with Crippen LogP contribution in [-0.4, -0.2) is 11.6 Å². The summed E-state index contributed by atoms with van der Waals surface area (Å²) in [6.45, 7) is 4.42. The maximum atomic E-state index is 6.13. The van der Waals surface area contributed by atoms with Crippen molar-refractivity contribution in [3.63, 3.8) is 0 Å². The lowest BCUT2D eigenvalue weighted by Gasteiger charge is -2.16. The van der Waals surface area contributed by atoms with E-state index in [-0.39, 0.29) is 0 Å². The molecule has 0 saturated carbocycles. The molecule has 0 fully saturated rings. The van der Waals surface area contributed by atoms with Crippen LogP contribution in [0.5, 0.6) is 11.5 Å². The molecule has 0 aliphatic heterocycles. The maximum absolute atomic E-state index is 6.13. The molecule has 2 aromatic carbocycles. The molecular weight excluding hydrogens is 360 g/mol. The summed E-state index contributed by atoms with van der Waals surface area (Å²) < 4.78 is 11.9. The van der Waals surface area contributed by atoms with Gasteiger partial charge < -0.3 is 14.8 Å². The van der Waals surface area contributed by atoms with Crippen LogP contribution in [0.15, 0.2) is 67.0 Å². The van der Waals surface area contributed by atoms with Crippen molar-refractivity contribution in [2.24, 2.45) is 0 Å². The number of hydrogen-bond donors (Lipinski definition) is 1. The van der Waals surface area contributed by atoms with E-state index < -0.39 is 0 Å². The molecule has 5 heteroatoms. The lowest BCUT2D eigenvalue weighted by Crippen LogP contribution is -2.14. The minimum absolute atomic E-state index is 0.455. The number of benzene rings is 2. The van der Waals surface area contributed by atoms with Gasteiger partial charge in [0, 0.05) is 36.1 Å². The van der Waals surface area contributed by atoms with Gasteiger partial charge in [-0.1, -0.05) is 41.9 Å². The fourth-order valence-corrected chi connectivity index (χ4v) is 2.84. The van der Waals surface area contributed by atoms with Crippen LogP contribution < -0.4 is 14.8 Å². The number of nitrogens with one attached hydrogen (secondary N) is 1. The normalized spacial score (nSPS) is 10.6. The summed E-state index contributed by atoms with van der Waals surface area (Å²) in [5.41, 5.74) is 3.25. The molecule has 0 aliphatic carbocycles. The molecule has 0 spiro atoms. The van der Waals surface area contributed by atoms with E-state index in [0.717, 1.165) is 34.7 Å². The zero-order chi connectivity index (χ0) is 18.9. The Morgan fingerprint density at radius 3 is 2.52 bits per heavy atom. The van der Waals surface area contributed by atoms with Crippen molar-refractivity contribution in [2.45, 2.75) is 26.6 Å². The van der Waals surface area contributed by atoms with E-state index in [4.69, 9.17) is 21.1 Å². The zero-order valence-corrected chi connectivity index (χ0v) is 16.1. The van der Waals surface area contributed by atoms with Crippen LogP contribution in [0.1, 0.15) is 23.6 Å². The standard InChI is InChI=1S/C22H23ClN2O2/c1-2-26-21-7-3-6-19(15-25-14-18-5-4-12-24-13-18)22(21)27-16-17-8-10-20(23)11-9-17/h3-13,25H,2,14-16H2,1H3. The van der Waals surface area contributed by atoms with Gasteiger partial charge >= 0.3 is 0 Å². The Balaban J connectivity index is 1.70. The molecule has 3 rings (SSSR count). The second-order valence-electron chi connectivity index (χ2n) is 6.06. The van der Waals surface area contributed by atoms with E-state index in [9.17, 15) is 0 Å². The number of para-hydroxylation sites is 1. The summed E-state index contributed by atoms with van der Waals surface area (Å²) in [6.07, 6.45) is 3.64. The first-order valence-electron chi connectivity index (χ1n) is 8.98. The highest BCUT2D eigenvalue weighted by molar-refractivity contribution is 6.30. The number of rotatable bonds is 9. The largest absolute Gasteiger partial charge is 0.490 e. The van der Waals surface area contributed by atoms with Crippen molar-refractivity contribution in [3.8, 4) is 11.5 Å². The summed E-state index contributed by atoms with van der Waals surface area (Å²) in [5, 5.41) is 4.16. The topological polar surface area (TPSA) is 43.4 Å². The maximum Gasteiger partial charge on any atom is 0.166 e. The van der Waals surface area contributed by atoms with Crippen molar-refractivity contribution < 1.29 is 9.47 Å². The molecule has 1 heterocycles. The quantitative estimate of drug-likeness (QED) is 0.565. The highest BCUT2D eigenvalue weighted by atomic mass is 35.5. The summed E-state index contributed by atoms with van der Waals surface area (Å²) in [4.78, 5) is 4.14. The molecule has 0 unspecified atom stereocenters. The third kappa shape index (κ3) is 5.71. The van der Waals surface area contributed by atoms with E-state index in [1.807, 2.05) is 55.6 Å². The van der Waals surface area contributed by atoms with Gasteiger partial charge in [0.25, 0.3) is 0 Å². The second-order valence-corrected chi connectivity index (χ2v) is 6.49. The molecule has 27 heavy (non-hydrogen) atoms. The molecule has 0 atom stereocenters. The summed E-state index contributed by atoms with van der Waals surface area (Å²) in [5.74, 6) is 1.53. The van der Waals surface area contributed by atoms with Crippen molar-refractivity contribution in [1.29, 1.82) is 0 Å². The SMILES string of the molecule is CCOc1cccc(CNCc2cccnc2)c1OCc1ccc(Cl)cc1.